The van der Waals surface area contributed by atoms with E-state index in [0.29, 0.717) is 6.54 Å². The van der Waals surface area contributed by atoms with Crippen LogP contribution in [0.4, 0.5) is 4.79 Å². The van der Waals surface area contributed by atoms with E-state index in [1.165, 1.54) is 36.8 Å². The van der Waals surface area contributed by atoms with Gasteiger partial charge in [-0.05, 0) is 38.2 Å². The Hall–Kier alpha value is -1.59. The fourth-order valence-corrected chi connectivity index (χ4v) is 4.47. The molecule has 1 aromatic carbocycles. The molecule has 5 heteroatoms. The summed E-state index contributed by atoms with van der Waals surface area (Å²) < 4.78 is 5.51. The number of hydrogen-bond donors (Lipinski definition) is 1. The predicted octanol–water partition coefficient (Wildman–Crippen LogP) is 2.71. The molecule has 136 valence electrons. The van der Waals surface area contributed by atoms with E-state index in [1.807, 2.05) is 0 Å². The molecule has 2 aliphatic heterocycles. The van der Waals surface area contributed by atoms with Crippen molar-refractivity contribution < 1.29 is 9.53 Å². The van der Waals surface area contributed by atoms with Crippen LogP contribution in [0.15, 0.2) is 24.3 Å². The monoisotopic (exact) mass is 343 g/mol. The molecule has 2 amide bonds. The van der Waals surface area contributed by atoms with Crippen molar-refractivity contribution in [1.29, 1.82) is 0 Å². The van der Waals surface area contributed by atoms with Crippen LogP contribution in [-0.4, -0.2) is 60.8 Å². The number of rotatable bonds is 4. The second-order valence-corrected chi connectivity index (χ2v) is 7.74. The molecule has 3 aliphatic rings. The van der Waals surface area contributed by atoms with Crippen molar-refractivity contribution in [3.63, 3.8) is 0 Å². The second kappa shape index (κ2) is 6.96. The highest BCUT2D eigenvalue weighted by molar-refractivity contribution is 5.76. The molecule has 0 aromatic heterocycles. The standard InChI is InChI=1S/C20H29N3O2/c1-16-4-2-5-17(14-16)18(22-10-12-25-13-11-22)15-21-19(24)23-9-8-20(23)6-3-7-20/h2,4-5,14,18H,3,6-13,15H2,1H3,(H,21,24). The smallest absolute Gasteiger partial charge is 0.317 e. The summed E-state index contributed by atoms with van der Waals surface area (Å²) in [5.41, 5.74) is 2.75. The van der Waals surface area contributed by atoms with Gasteiger partial charge in [0.05, 0.1) is 19.3 Å². The van der Waals surface area contributed by atoms with E-state index in [-0.39, 0.29) is 17.6 Å². The third-order valence-electron chi connectivity index (χ3n) is 6.26. The lowest BCUT2D eigenvalue weighted by molar-refractivity contribution is -0.0373. The summed E-state index contributed by atoms with van der Waals surface area (Å²) in [4.78, 5) is 17.2. The fraction of sp³-hybridized carbons (Fsp3) is 0.650. The largest absolute Gasteiger partial charge is 0.379 e. The van der Waals surface area contributed by atoms with Crippen molar-refractivity contribution in [3.8, 4) is 0 Å². The number of urea groups is 1. The molecule has 3 fully saturated rings. The van der Waals surface area contributed by atoms with E-state index >= 15 is 0 Å². The van der Waals surface area contributed by atoms with Crippen LogP contribution in [-0.2, 0) is 4.74 Å². The minimum Gasteiger partial charge on any atom is -0.379 e. The number of likely N-dealkylation sites (tertiary alicyclic amines) is 1. The van der Waals surface area contributed by atoms with Gasteiger partial charge in [-0.3, -0.25) is 4.90 Å². The Morgan fingerprint density at radius 1 is 1.24 bits per heavy atom. The molecular weight excluding hydrogens is 314 g/mol. The Morgan fingerprint density at radius 2 is 2.04 bits per heavy atom. The Kier molecular flexibility index (Phi) is 4.69. The van der Waals surface area contributed by atoms with Crippen molar-refractivity contribution in [2.75, 3.05) is 39.4 Å². The molecule has 1 atom stereocenters. The van der Waals surface area contributed by atoms with Crippen molar-refractivity contribution in [2.45, 2.75) is 44.2 Å². The molecule has 1 unspecified atom stereocenters. The molecule has 2 heterocycles. The Balaban J connectivity index is 1.43. The minimum atomic E-state index is 0.122. The van der Waals surface area contributed by atoms with E-state index in [1.54, 1.807) is 0 Å². The summed E-state index contributed by atoms with van der Waals surface area (Å²) in [6.45, 7) is 7.08. The topological polar surface area (TPSA) is 44.8 Å². The zero-order valence-electron chi connectivity index (χ0n) is 15.2. The number of hydrogen-bond acceptors (Lipinski definition) is 3. The molecule has 4 rings (SSSR count). The third-order valence-corrected chi connectivity index (χ3v) is 6.26. The van der Waals surface area contributed by atoms with Crippen molar-refractivity contribution >= 4 is 6.03 Å². The lowest BCUT2D eigenvalue weighted by Crippen LogP contribution is -2.67. The number of nitrogens with zero attached hydrogens (tertiary/aromatic N) is 2. The van der Waals surface area contributed by atoms with Gasteiger partial charge in [-0.2, -0.15) is 0 Å². The Morgan fingerprint density at radius 3 is 2.64 bits per heavy atom. The number of morpholine rings is 1. The Bertz CT molecular complexity index is 618. The molecule has 25 heavy (non-hydrogen) atoms. The highest BCUT2D eigenvalue weighted by Gasteiger charge is 2.51. The molecule has 1 N–H and O–H groups in total. The van der Waals surface area contributed by atoms with Gasteiger partial charge in [0.1, 0.15) is 0 Å². The van der Waals surface area contributed by atoms with Gasteiger partial charge in [0.25, 0.3) is 0 Å². The zero-order valence-corrected chi connectivity index (χ0v) is 15.2. The van der Waals surface area contributed by atoms with Gasteiger partial charge in [-0.15, -0.1) is 0 Å². The number of ether oxygens (including phenoxy) is 1. The quantitative estimate of drug-likeness (QED) is 0.914. The molecule has 1 spiro atoms. The minimum absolute atomic E-state index is 0.122. The van der Waals surface area contributed by atoms with E-state index < -0.39 is 0 Å². The molecule has 0 bridgehead atoms. The summed E-state index contributed by atoms with van der Waals surface area (Å²) in [6, 6.07) is 8.99. The lowest BCUT2D eigenvalue weighted by Gasteiger charge is -2.58. The van der Waals surface area contributed by atoms with Gasteiger partial charge < -0.3 is 15.0 Å². The van der Waals surface area contributed by atoms with Crippen LogP contribution < -0.4 is 5.32 Å². The van der Waals surface area contributed by atoms with Crippen LogP contribution in [0.5, 0.6) is 0 Å². The lowest BCUT2D eigenvalue weighted by atomic mass is 9.68. The van der Waals surface area contributed by atoms with Gasteiger partial charge in [-0.1, -0.05) is 29.8 Å². The molecular formula is C20H29N3O2. The number of aryl methyl sites for hydroxylation is 1. The van der Waals surface area contributed by atoms with Crippen LogP contribution in [0.25, 0.3) is 0 Å². The van der Waals surface area contributed by atoms with Crippen LogP contribution in [0.3, 0.4) is 0 Å². The molecule has 5 nitrogen and oxygen atoms in total. The number of nitrogens with one attached hydrogen (secondary N) is 1. The maximum absolute atomic E-state index is 12.7. The van der Waals surface area contributed by atoms with E-state index in [9.17, 15) is 4.79 Å². The summed E-state index contributed by atoms with van der Waals surface area (Å²) in [6.07, 6.45) is 4.82. The first kappa shape index (κ1) is 16.9. The van der Waals surface area contributed by atoms with E-state index in [0.717, 1.165) is 32.8 Å². The SMILES string of the molecule is Cc1cccc(C(CNC(=O)N2CCC23CCC3)N2CCOCC2)c1. The molecule has 1 saturated carbocycles. The number of amides is 2. The van der Waals surface area contributed by atoms with Gasteiger partial charge in [0.2, 0.25) is 0 Å². The maximum atomic E-state index is 12.7. The molecule has 2 saturated heterocycles. The van der Waals surface area contributed by atoms with Crippen LogP contribution in [0.2, 0.25) is 0 Å². The number of carbonyl (C=O) groups is 1. The second-order valence-electron chi connectivity index (χ2n) is 7.74. The zero-order chi connectivity index (χ0) is 17.3. The van der Waals surface area contributed by atoms with Gasteiger partial charge in [0.15, 0.2) is 0 Å². The highest BCUT2D eigenvalue weighted by Crippen LogP contribution is 2.46. The third kappa shape index (κ3) is 3.27. The van der Waals surface area contributed by atoms with Crippen LogP contribution in [0, 0.1) is 6.92 Å². The predicted molar refractivity (Wildman–Crippen MR) is 97.6 cm³/mol. The first-order chi connectivity index (χ1) is 12.2. The number of carbonyl (C=O) groups excluding carboxylic acids is 1. The van der Waals surface area contributed by atoms with E-state index in [4.69, 9.17) is 4.74 Å². The van der Waals surface area contributed by atoms with Gasteiger partial charge in [0, 0.05) is 31.7 Å². The maximum Gasteiger partial charge on any atom is 0.317 e. The Labute approximate surface area is 150 Å². The molecule has 1 aliphatic carbocycles. The molecule has 1 aromatic rings. The van der Waals surface area contributed by atoms with Crippen LogP contribution >= 0.6 is 0 Å². The first-order valence-corrected chi connectivity index (χ1v) is 9.62. The fourth-order valence-electron chi connectivity index (χ4n) is 4.47. The normalized spacial score (nSPS) is 23.6. The van der Waals surface area contributed by atoms with Gasteiger partial charge in [-0.25, -0.2) is 4.79 Å². The van der Waals surface area contributed by atoms with Crippen LogP contribution in [0.1, 0.15) is 42.9 Å². The van der Waals surface area contributed by atoms with E-state index in [2.05, 4.69) is 46.3 Å². The van der Waals surface area contributed by atoms with Crippen molar-refractivity contribution in [2.24, 2.45) is 0 Å². The summed E-state index contributed by atoms with van der Waals surface area (Å²) in [5.74, 6) is 0. The number of benzene rings is 1. The van der Waals surface area contributed by atoms with Gasteiger partial charge >= 0.3 is 6.03 Å². The average Bonchev–Trinajstić information content (AvgIpc) is 2.54. The summed E-state index contributed by atoms with van der Waals surface area (Å²) in [5, 5.41) is 3.23. The average molecular weight is 343 g/mol. The van der Waals surface area contributed by atoms with Crippen molar-refractivity contribution in [3.05, 3.63) is 35.4 Å². The molecule has 0 radical (unpaired) electrons. The van der Waals surface area contributed by atoms with Crippen molar-refractivity contribution in [1.82, 2.24) is 15.1 Å². The first-order valence-electron chi connectivity index (χ1n) is 9.62. The highest BCUT2D eigenvalue weighted by atomic mass is 16.5. The summed E-state index contributed by atoms with van der Waals surface area (Å²) >= 11 is 0. The summed E-state index contributed by atoms with van der Waals surface area (Å²) in [7, 11) is 0.